The molecule has 1 aliphatic heterocycles. The maximum Gasteiger partial charge on any atom is 0.273 e. The molecule has 1 fully saturated rings. The summed E-state index contributed by atoms with van der Waals surface area (Å²) >= 11 is 1.41. The third kappa shape index (κ3) is 2.69. The first-order valence-corrected chi connectivity index (χ1v) is 7.75. The number of nitrogens with one attached hydrogen (secondary N) is 1. The molecular weight excluding hydrogens is 288 g/mol. The highest BCUT2D eigenvalue weighted by molar-refractivity contribution is 7.07. The van der Waals surface area contributed by atoms with E-state index >= 15 is 0 Å². The van der Waals surface area contributed by atoms with Gasteiger partial charge in [0.05, 0.1) is 11.1 Å². The maximum atomic E-state index is 12.4. The maximum absolute atomic E-state index is 12.4. The fraction of sp³-hybridized carbons (Fsp3) is 0.357. The van der Waals surface area contributed by atoms with Crippen LogP contribution in [0, 0.1) is 0 Å². The normalized spacial score (nSPS) is 18.7. The van der Waals surface area contributed by atoms with Gasteiger partial charge in [0.25, 0.3) is 11.8 Å². The second kappa shape index (κ2) is 5.69. The van der Waals surface area contributed by atoms with Crippen LogP contribution in [0.15, 0.2) is 23.2 Å². The molecule has 0 bridgehead atoms. The van der Waals surface area contributed by atoms with E-state index in [-0.39, 0.29) is 11.8 Å². The summed E-state index contributed by atoms with van der Waals surface area (Å²) in [6.07, 6.45) is 3.55. The molecule has 2 amide bonds. The van der Waals surface area contributed by atoms with Gasteiger partial charge in [-0.25, -0.2) is 4.98 Å². The zero-order valence-electron chi connectivity index (χ0n) is 11.4. The molecule has 0 aliphatic carbocycles. The Labute approximate surface area is 126 Å². The van der Waals surface area contributed by atoms with Crippen molar-refractivity contribution in [3.8, 4) is 0 Å². The number of piperidine rings is 1. The molecular formula is C14H16N4O2S. The molecule has 1 aliphatic rings. The second-order valence-electron chi connectivity index (χ2n) is 5.13. The van der Waals surface area contributed by atoms with Gasteiger partial charge in [0.1, 0.15) is 5.69 Å². The molecule has 0 spiro atoms. The highest BCUT2D eigenvalue weighted by Gasteiger charge is 2.28. The van der Waals surface area contributed by atoms with Gasteiger partial charge in [0.15, 0.2) is 0 Å². The second-order valence-corrected chi connectivity index (χ2v) is 5.85. The van der Waals surface area contributed by atoms with Crippen LogP contribution in [0.3, 0.4) is 0 Å². The van der Waals surface area contributed by atoms with Crippen molar-refractivity contribution in [3.05, 3.63) is 40.1 Å². The van der Waals surface area contributed by atoms with Crippen molar-refractivity contribution < 1.29 is 9.59 Å². The van der Waals surface area contributed by atoms with E-state index < -0.39 is 5.91 Å². The van der Waals surface area contributed by atoms with Gasteiger partial charge in [-0.05, 0) is 18.9 Å². The van der Waals surface area contributed by atoms with E-state index in [1.807, 2.05) is 0 Å². The molecule has 3 heterocycles. The third-order valence-electron chi connectivity index (χ3n) is 3.81. The number of hydrogen-bond acceptors (Lipinski definition) is 4. The number of carbonyl (C=O) groups is 2. The van der Waals surface area contributed by atoms with E-state index in [0.29, 0.717) is 17.8 Å². The number of carbonyl (C=O) groups excluding carboxylic acids is 2. The fourth-order valence-corrected chi connectivity index (χ4v) is 3.34. The number of aromatic nitrogens is 2. The van der Waals surface area contributed by atoms with E-state index in [1.54, 1.807) is 28.1 Å². The van der Waals surface area contributed by atoms with Gasteiger partial charge in [-0.15, -0.1) is 11.3 Å². The van der Waals surface area contributed by atoms with Crippen molar-refractivity contribution in [3.63, 3.8) is 0 Å². The van der Waals surface area contributed by atoms with Crippen molar-refractivity contribution in [1.82, 2.24) is 14.9 Å². The van der Waals surface area contributed by atoms with Crippen LogP contribution >= 0.6 is 11.3 Å². The Hall–Kier alpha value is -2.15. The Balaban J connectivity index is 1.78. The third-order valence-corrected chi connectivity index (χ3v) is 4.40. The molecule has 21 heavy (non-hydrogen) atoms. The smallest absolute Gasteiger partial charge is 0.273 e. The van der Waals surface area contributed by atoms with Gasteiger partial charge in [-0.2, -0.15) is 0 Å². The van der Waals surface area contributed by atoms with E-state index in [0.717, 1.165) is 25.1 Å². The topological polar surface area (TPSA) is 92.1 Å². The number of H-pyrrole nitrogens is 1. The molecule has 3 rings (SSSR count). The van der Waals surface area contributed by atoms with Crippen LogP contribution in [0.2, 0.25) is 0 Å². The van der Waals surface area contributed by atoms with Gasteiger partial charge in [0, 0.05) is 36.3 Å². The van der Waals surface area contributed by atoms with E-state index in [1.165, 1.54) is 11.3 Å². The average Bonchev–Trinajstić information content (AvgIpc) is 3.17. The first-order valence-electron chi connectivity index (χ1n) is 6.81. The van der Waals surface area contributed by atoms with Gasteiger partial charge < -0.3 is 15.6 Å². The lowest BCUT2D eigenvalue weighted by atomic mass is 9.92. The standard InChI is InChI=1S/C14H16N4O2S/c15-13(19)10-3-4-16-12(10)9-2-1-5-18(6-9)14(20)11-7-21-8-17-11/h3-4,7-9,16H,1-2,5-6H2,(H2,15,19). The van der Waals surface area contributed by atoms with Crippen LogP contribution in [-0.4, -0.2) is 39.8 Å². The summed E-state index contributed by atoms with van der Waals surface area (Å²) in [5.41, 5.74) is 8.88. The monoisotopic (exact) mass is 304 g/mol. The summed E-state index contributed by atoms with van der Waals surface area (Å²) in [6, 6.07) is 1.69. The number of thiazole rings is 1. The Morgan fingerprint density at radius 1 is 1.48 bits per heavy atom. The largest absolute Gasteiger partial charge is 0.366 e. The molecule has 2 aromatic rings. The Morgan fingerprint density at radius 2 is 2.33 bits per heavy atom. The van der Waals surface area contributed by atoms with E-state index in [4.69, 9.17) is 5.73 Å². The van der Waals surface area contributed by atoms with Crippen molar-refractivity contribution in [2.24, 2.45) is 5.73 Å². The summed E-state index contributed by atoms with van der Waals surface area (Å²) in [5, 5.41) is 1.76. The molecule has 0 radical (unpaired) electrons. The Morgan fingerprint density at radius 3 is 3.05 bits per heavy atom. The fourth-order valence-electron chi connectivity index (χ4n) is 2.81. The number of primary amides is 1. The van der Waals surface area contributed by atoms with Gasteiger partial charge in [-0.3, -0.25) is 9.59 Å². The molecule has 0 aromatic carbocycles. The predicted octanol–water partition coefficient (Wildman–Crippen LogP) is 1.59. The van der Waals surface area contributed by atoms with E-state index in [9.17, 15) is 9.59 Å². The number of rotatable bonds is 3. The van der Waals surface area contributed by atoms with E-state index in [2.05, 4.69) is 9.97 Å². The molecule has 2 aromatic heterocycles. The highest BCUT2D eigenvalue weighted by Crippen LogP contribution is 2.28. The summed E-state index contributed by atoms with van der Waals surface area (Å²) in [5.74, 6) is -0.374. The number of nitrogens with two attached hydrogens (primary N) is 1. The molecule has 0 saturated carbocycles. The number of likely N-dealkylation sites (tertiary alicyclic amines) is 1. The number of nitrogens with zero attached hydrogens (tertiary/aromatic N) is 2. The highest BCUT2D eigenvalue weighted by atomic mass is 32.1. The quantitative estimate of drug-likeness (QED) is 0.902. The predicted molar refractivity (Wildman–Crippen MR) is 79.3 cm³/mol. The van der Waals surface area contributed by atoms with Gasteiger partial charge in [-0.1, -0.05) is 0 Å². The average molecular weight is 304 g/mol. The van der Waals surface area contributed by atoms with Crippen LogP contribution < -0.4 is 5.73 Å². The number of aromatic amines is 1. The zero-order chi connectivity index (χ0) is 14.8. The van der Waals surface area contributed by atoms with Crippen LogP contribution in [0.5, 0.6) is 0 Å². The molecule has 1 atom stereocenters. The van der Waals surface area contributed by atoms with Crippen LogP contribution in [0.1, 0.15) is 45.3 Å². The van der Waals surface area contributed by atoms with Crippen LogP contribution in [0.25, 0.3) is 0 Å². The van der Waals surface area contributed by atoms with Crippen LogP contribution in [-0.2, 0) is 0 Å². The zero-order valence-corrected chi connectivity index (χ0v) is 12.2. The molecule has 1 unspecified atom stereocenters. The molecule has 6 nitrogen and oxygen atoms in total. The Bertz CT molecular complexity index is 650. The van der Waals surface area contributed by atoms with Crippen molar-refractivity contribution in [2.75, 3.05) is 13.1 Å². The van der Waals surface area contributed by atoms with Crippen LogP contribution in [0.4, 0.5) is 0 Å². The number of hydrogen-bond donors (Lipinski definition) is 2. The first-order chi connectivity index (χ1) is 10.2. The minimum Gasteiger partial charge on any atom is -0.366 e. The summed E-state index contributed by atoms with van der Waals surface area (Å²) < 4.78 is 0. The van der Waals surface area contributed by atoms with Gasteiger partial charge >= 0.3 is 0 Å². The summed E-state index contributed by atoms with van der Waals surface area (Å²) in [6.45, 7) is 1.30. The lowest BCUT2D eigenvalue weighted by Gasteiger charge is -2.32. The SMILES string of the molecule is NC(=O)c1cc[nH]c1C1CCCN(C(=O)c2cscn2)C1. The van der Waals surface area contributed by atoms with Crippen molar-refractivity contribution in [1.29, 1.82) is 0 Å². The summed E-state index contributed by atoms with van der Waals surface area (Å²) in [7, 11) is 0. The lowest BCUT2D eigenvalue weighted by molar-refractivity contribution is 0.0701. The molecule has 7 heteroatoms. The molecule has 1 saturated heterocycles. The first kappa shape index (κ1) is 13.8. The molecule has 3 N–H and O–H groups in total. The van der Waals surface area contributed by atoms with Crippen molar-refractivity contribution >= 4 is 23.2 Å². The summed E-state index contributed by atoms with van der Waals surface area (Å²) in [4.78, 5) is 32.8. The van der Waals surface area contributed by atoms with Gasteiger partial charge in [0.2, 0.25) is 0 Å². The minimum absolute atomic E-state index is 0.0480. The Kier molecular flexibility index (Phi) is 3.74. The van der Waals surface area contributed by atoms with Crippen molar-refractivity contribution in [2.45, 2.75) is 18.8 Å². The lowest BCUT2D eigenvalue weighted by Crippen LogP contribution is -2.39. The minimum atomic E-state index is -0.436. The number of amides is 2. The molecule has 110 valence electrons.